The van der Waals surface area contributed by atoms with Crippen LogP contribution >= 0.6 is 28.3 Å². The lowest BCUT2D eigenvalue weighted by Gasteiger charge is -2.10. The molecule has 2 aromatic rings. The monoisotopic (exact) mass is 452 g/mol. The molecule has 0 radical (unpaired) electrons. The standard InChI is InChI=1S/C21H22BrFN2O.ClH/c1-3-13-25(2)14-5-4-12-24-18-10-11-19(20(23)15-18)21(26)16-6-8-17(22)9-7-16;/h3-11,15,24H,1,12-14H2,2H3;1H/b5-4+;. The number of carbonyl (C=O) groups excluding carboxylic acids is 1. The van der Waals surface area contributed by atoms with Crippen LogP contribution < -0.4 is 5.32 Å². The topological polar surface area (TPSA) is 32.3 Å². The van der Waals surface area contributed by atoms with E-state index < -0.39 is 5.82 Å². The van der Waals surface area contributed by atoms with Crippen LogP contribution in [-0.4, -0.2) is 37.4 Å². The quantitative estimate of drug-likeness (QED) is 0.411. The van der Waals surface area contributed by atoms with Crippen molar-refractivity contribution in [2.75, 3.05) is 32.0 Å². The van der Waals surface area contributed by atoms with E-state index in [4.69, 9.17) is 0 Å². The van der Waals surface area contributed by atoms with E-state index in [9.17, 15) is 9.18 Å². The number of nitrogens with zero attached hydrogens (tertiary/aromatic N) is 1. The third kappa shape index (κ3) is 7.29. The van der Waals surface area contributed by atoms with E-state index in [1.54, 1.807) is 30.3 Å². The van der Waals surface area contributed by atoms with Gasteiger partial charge in [-0.2, -0.15) is 0 Å². The molecule has 0 saturated heterocycles. The highest BCUT2D eigenvalue weighted by Gasteiger charge is 2.14. The number of benzene rings is 2. The van der Waals surface area contributed by atoms with Crippen molar-refractivity contribution in [3.8, 4) is 0 Å². The molecule has 0 aliphatic carbocycles. The Hall–Kier alpha value is -1.95. The summed E-state index contributed by atoms with van der Waals surface area (Å²) in [5.74, 6) is -0.857. The molecular weight excluding hydrogens is 431 g/mol. The highest BCUT2D eigenvalue weighted by Crippen LogP contribution is 2.19. The summed E-state index contributed by atoms with van der Waals surface area (Å²) in [5.41, 5.74) is 1.16. The van der Waals surface area contributed by atoms with Gasteiger partial charge in [0.1, 0.15) is 5.82 Å². The minimum atomic E-state index is -0.530. The highest BCUT2D eigenvalue weighted by molar-refractivity contribution is 9.10. The van der Waals surface area contributed by atoms with Crippen molar-refractivity contribution in [1.29, 1.82) is 0 Å². The molecule has 0 aliphatic rings. The van der Waals surface area contributed by atoms with Crippen LogP contribution in [0.5, 0.6) is 0 Å². The maximum atomic E-state index is 14.3. The van der Waals surface area contributed by atoms with Gasteiger partial charge < -0.3 is 5.32 Å². The van der Waals surface area contributed by atoms with Crippen LogP contribution in [0, 0.1) is 5.82 Å². The van der Waals surface area contributed by atoms with Gasteiger partial charge in [-0.05, 0) is 49.5 Å². The Labute approximate surface area is 174 Å². The number of anilines is 1. The number of halogens is 3. The second-order valence-corrected chi connectivity index (χ2v) is 6.81. The first-order chi connectivity index (χ1) is 12.5. The van der Waals surface area contributed by atoms with E-state index in [2.05, 4.69) is 32.7 Å². The van der Waals surface area contributed by atoms with E-state index in [0.29, 0.717) is 17.8 Å². The summed E-state index contributed by atoms with van der Waals surface area (Å²) in [4.78, 5) is 14.5. The van der Waals surface area contributed by atoms with Crippen LogP contribution in [0.25, 0.3) is 0 Å². The van der Waals surface area contributed by atoms with Crippen LogP contribution in [-0.2, 0) is 0 Å². The van der Waals surface area contributed by atoms with Crippen LogP contribution in [0.2, 0.25) is 0 Å². The maximum Gasteiger partial charge on any atom is 0.195 e. The molecule has 0 amide bonds. The van der Waals surface area contributed by atoms with E-state index in [0.717, 1.165) is 17.6 Å². The fraction of sp³-hybridized carbons (Fsp3) is 0.190. The fourth-order valence-corrected chi connectivity index (χ4v) is 2.64. The van der Waals surface area contributed by atoms with Crippen molar-refractivity contribution in [3.63, 3.8) is 0 Å². The Balaban J connectivity index is 0.00000364. The molecule has 144 valence electrons. The molecule has 0 aromatic heterocycles. The second kappa shape index (κ2) is 11.7. The first-order valence-electron chi connectivity index (χ1n) is 8.29. The van der Waals surface area contributed by atoms with E-state index in [1.165, 1.54) is 12.1 Å². The Morgan fingerprint density at radius 3 is 2.52 bits per heavy atom. The number of hydrogen-bond donors (Lipinski definition) is 1. The van der Waals surface area contributed by atoms with Crippen LogP contribution in [0.15, 0.2) is 71.7 Å². The summed E-state index contributed by atoms with van der Waals surface area (Å²) in [6.07, 6.45) is 5.88. The Morgan fingerprint density at radius 1 is 1.19 bits per heavy atom. The van der Waals surface area contributed by atoms with E-state index >= 15 is 0 Å². The molecule has 0 aliphatic heterocycles. The normalized spacial score (nSPS) is 10.7. The van der Waals surface area contributed by atoms with Gasteiger partial charge in [0.25, 0.3) is 0 Å². The summed E-state index contributed by atoms with van der Waals surface area (Å²) in [6, 6.07) is 11.5. The maximum absolute atomic E-state index is 14.3. The zero-order valence-corrected chi connectivity index (χ0v) is 17.5. The van der Waals surface area contributed by atoms with Crippen LogP contribution in [0.4, 0.5) is 10.1 Å². The second-order valence-electron chi connectivity index (χ2n) is 5.89. The Kier molecular flexibility index (Phi) is 10.0. The van der Waals surface area contributed by atoms with E-state index in [1.807, 2.05) is 25.3 Å². The lowest BCUT2D eigenvalue weighted by molar-refractivity contribution is 0.103. The van der Waals surface area contributed by atoms with Gasteiger partial charge >= 0.3 is 0 Å². The van der Waals surface area contributed by atoms with Crippen molar-refractivity contribution in [1.82, 2.24) is 4.90 Å². The summed E-state index contributed by atoms with van der Waals surface area (Å²) in [7, 11) is 2.01. The SMILES string of the molecule is C=CCN(C)C/C=C/CNc1ccc(C(=O)c2ccc(Br)cc2)c(F)c1.Cl. The fourth-order valence-electron chi connectivity index (χ4n) is 2.38. The molecule has 0 atom stereocenters. The van der Waals surface area contributed by atoms with Crippen LogP contribution in [0.1, 0.15) is 15.9 Å². The molecule has 27 heavy (non-hydrogen) atoms. The predicted molar refractivity (Wildman–Crippen MR) is 117 cm³/mol. The number of nitrogens with one attached hydrogen (secondary N) is 1. The summed E-state index contributed by atoms with van der Waals surface area (Å²) >= 11 is 3.32. The molecule has 1 N–H and O–H groups in total. The first kappa shape index (κ1) is 23.1. The number of rotatable bonds is 9. The molecule has 0 heterocycles. The average molecular weight is 454 g/mol. The van der Waals surface area contributed by atoms with Gasteiger partial charge in [-0.15, -0.1) is 19.0 Å². The largest absolute Gasteiger partial charge is 0.381 e. The van der Waals surface area contributed by atoms with Gasteiger partial charge in [-0.1, -0.05) is 34.2 Å². The summed E-state index contributed by atoms with van der Waals surface area (Å²) in [6.45, 7) is 5.93. The first-order valence-corrected chi connectivity index (χ1v) is 9.08. The van der Waals surface area contributed by atoms with E-state index in [-0.39, 0.29) is 23.8 Å². The van der Waals surface area contributed by atoms with Crippen molar-refractivity contribution in [2.24, 2.45) is 0 Å². The lowest BCUT2D eigenvalue weighted by atomic mass is 10.0. The van der Waals surface area contributed by atoms with Gasteiger partial charge in [0.15, 0.2) is 5.78 Å². The molecule has 2 rings (SSSR count). The predicted octanol–water partition coefficient (Wildman–Crippen LogP) is 5.33. The average Bonchev–Trinajstić information content (AvgIpc) is 2.62. The minimum Gasteiger partial charge on any atom is -0.381 e. The molecule has 0 spiro atoms. The molecule has 0 saturated carbocycles. The van der Waals surface area contributed by atoms with Crippen molar-refractivity contribution in [2.45, 2.75) is 0 Å². The molecule has 6 heteroatoms. The smallest absolute Gasteiger partial charge is 0.195 e. The molecule has 2 aromatic carbocycles. The molecule has 0 fully saturated rings. The van der Waals surface area contributed by atoms with Crippen molar-refractivity contribution >= 4 is 39.8 Å². The lowest BCUT2D eigenvalue weighted by Crippen LogP contribution is -2.17. The summed E-state index contributed by atoms with van der Waals surface area (Å²) in [5, 5.41) is 3.12. The number of hydrogen-bond acceptors (Lipinski definition) is 3. The van der Waals surface area contributed by atoms with Crippen molar-refractivity contribution in [3.05, 3.63) is 88.7 Å². The summed E-state index contributed by atoms with van der Waals surface area (Å²) < 4.78 is 15.2. The third-order valence-electron chi connectivity index (χ3n) is 3.77. The molecule has 0 bridgehead atoms. The van der Waals surface area contributed by atoms with Gasteiger partial charge in [-0.25, -0.2) is 4.39 Å². The van der Waals surface area contributed by atoms with Gasteiger partial charge in [-0.3, -0.25) is 9.69 Å². The Morgan fingerprint density at radius 2 is 1.89 bits per heavy atom. The zero-order valence-electron chi connectivity index (χ0n) is 15.1. The molecule has 0 unspecified atom stereocenters. The van der Waals surface area contributed by atoms with Gasteiger partial charge in [0.05, 0.1) is 5.56 Å². The molecule has 3 nitrogen and oxygen atoms in total. The third-order valence-corrected chi connectivity index (χ3v) is 4.30. The number of carbonyl (C=O) groups is 1. The number of likely N-dealkylation sites (N-methyl/N-ethyl adjacent to an activating group) is 1. The minimum absolute atomic E-state index is 0. The Bertz CT molecular complexity index is 793. The highest BCUT2D eigenvalue weighted by atomic mass is 79.9. The van der Waals surface area contributed by atoms with Gasteiger partial charge in [0, 0.05) is 35.4 Å². The van der Waals surface area contributed by atoms with Crippen molar-refractivity contribution < 1.29 is 9.18 Å². The molecular formula is C21H23BrClFN2O. The zero-order chi connectivity index (χ0) is 18.9. The number of ketones is 1. The van der Waals surface area contributed by atoms with Crippen LogP contribution in [0.3, 0.4) is 0 Å². The van der Waals surface area contributed by atoms with Gasteiger partial charge in [0.2, 0.25) is 0 Å².